The average Bonchev–Trinajstić information content (AvgIpc) is 3.06. The molecule has 1 aliphatic rings. The van der Waals surface area contributed by atoms with E-state index in [2.05, 4.69) is 21.3 Å². The molecule has 2 aromatic rings. The minimum absolute atomic E-state index is 0.159. The number of carbonyl (C=O) groups is 1. The quantitative estimate of drug-likeness (QED) is 0.878. The van der Waals surface area contributed by atoms with Gasteiger partial charge >= 0.3 is 5.69 Å². The average molecular weight is 340 g/mol. The van der Waals surface area contributed by atoms with Gasteiger partial charge in [0.15, 0.2) is 5.82 Å². The summed E-state index contributed by atoms with van der Waals surface area (Å²) in [6.07, 6.45) is 2.60. The van der Waals surface area contributed by atoms with Crippen molar-refractivity contribution in [1.29, 1.82) is 5.26 Å². The van der Waals surface area contributed by atoms with Gasteiger partial charge in [0.1, 0.15) is 0 Å². The zero-order chi connectivity index (χ0) is 18.0. The summed E-state index contributed by atoms with van der Waals surface area (Å²) in [5, 5.41) is 15.6. The molecule has 8 heteroatoms. The SMILES string of the molecule is CN(C)c1cc(C#N)cc(C(=O)N2CCCC[C@@H]2c2n[nH]c(=O)[nH]2)c1. The summed E-state index contributed by atoms with van der Waals surface area (Å²) in [4.78, 5) is 30.7. The van der Waals surface area contributed by atoms with Crippen LogP contribution in [0, 0.1) is 11.3 Å². The summed E-state index contributed by atoms with van der Waals surface area (Å²) in [6.45, 7) is 0.590. The van der Waals surface area contributed by atoms with Crippen molar-refractivity contribution in [2.24, 2.45) is 0 Å². The maximum absolute atomic E-state index is 13.1. The molecule has 1 aromatic heterocycles. The maximum Gasteiger partial charge on any atom is 0.340 e. The van der Waals surface area contributed by atoms with Crippen molar-refractivity contribution in [2.75, 3.05) is 25.5 Å². The molecule has 1 saturated heterocycles. The number of nitrogens with zero attached hydrogens (tertiary/aromatic N) is 4. The number of hydrogen-bond donors (Lipinski definition) is 2. The zero-order valence-electron chi connectivity index (χ0n) is 14.2. The van der Waals surface area contributed by atoms with Gasteiger partial charge in [0.2, 0.25) is 0 Å². The number of rotatable bonds is 3. The van der Waals surface area contributed by atoms with Crippen LogP contribution in [0.25, 0.3) is 0 Å². The molecule has 1 aliphatic heterocycles. The number of nitriles is 1. The number of amides is 1. The largest absolute Gasteiger partial charge is 0.378 e. The van der Waals surface area contributed by atoms with E-state index in [0.29, 0.717) is 23.5 Å². The molecule has 0 spiro atoms. The number of anilines is 1. The van der Waals surface area contributed by atoms with Crippen molar-refractivity contribution in [3.8, 4) is 6.07 Å². The Morgan fingerprint density at radius 3 is 2.80 bits per heavy atom. The number of aromatic amines is 2. The molecule has 3 rings (SSSR count). The predicted octanol–water partition coefficient (Wildman–Crippen LogP) is 1.40. The van der Waals surface area contributed by atoms with Crippen molar-refractivity contribution in [3.63, 3.8) is 0 Å². The molecule has 8 nitrogen and oxygen atoms in total. The molecule has 0 radical (unpaired) electrons. The molecule has 1 aromatic carbocycles. The van der Waals surface area contributed by atoms with Crippen molar-refractivity contribution < 1.29 is 4.79 Å². The first kappa shape index (κ1) is 16.8. The summed E-state index contributed by atoms with van der Waals surface area (Å²) in [5.41, 5.74) is 1.32. The van der Waals surface area contributed by atoms with E-state index in [1.165, 1.54) is 0 Å². The Balaban J connectivity index is 1.96. The fourth-order valence-electron chi connectivity index (χ4n) is 3.12. The van der Waals surface area contributed by atoms with E-state index in [-0.39, 0.29) is 17.6 Å². The van der Waals surface area contributed by atoms with Gasteiger partial charge in [-0.05, 0) is 37.5 Å². The standard InChI is InChI=1S/C17H20N6O2/c1-22(2)13-8-11(10-18)7-12(9-13)16(24)23-6-4-3-5-14(23)15-19-17(25)21-20-15/h7-9,14H,3-6H2,1-2H3,(H2,19,20,21,25)/t14-/m1/s1. The van der Waals surface area contributed by atoms with E-state index in [1.54, 1.807) is 23.1 Å². The normalized spacial score (nSPS) is 17.2. The Bertz CT molecular complexity index is 876. The third-order valence-electron chi connectivity index (χ3n) is 4.41. The second kappa shape index (κ2) is 6.81. The van der Waals surface area contributed by atoms with E-state index in [4.69, 9.17) is 0 Å². The smallest absolute Gasteiger partial charge is 0.340 e. The van der Waals surface area contributed by atoms with Crippen LogP contribution in [0.2, 0.25) is 0 Å². The van der Waals surface area contributed by atoms with Gasteiger partial charge in [-0.3, -0.25) is 9.78 Å². The molecule has 130 valence electrons. The topological polar surface area (TPSA) is 109 Å². The molecular formula is C17H20N6O2. The summed E-state index contributed by atoms with van der Waals surface area (Å²) in [5.74, 6) is 0.316. The van der Waals surface area contributed by atoms with Crippen LogP contribution in [0.5, 0.6) is 0 Å². The van der Waals surface area contributed by atoms with Gasteiger partial charge in [-0.2, -0.15) is 10.4 Å². The first-order chi connectivity index (χ1) is 12.0. The van der Waals surface area contributed by atoms with Crippen LogP contribution in [0.3, 0.4) is 0 Å². The molecular weight excluding hydrogens is 320 g/mol. The van der Waals surface area contributed by atoms with Crippen molar-refractivity contribution >= 4 is 11.6 Å². The molecule has 0 saturated carbocycles. The Kier molecular flexibility index (Phi) is 4.57. The highest BCUT2D eigenvalue weighted by atomic mass is 16.2. The summed E-state index contributed by atoms with van der Waals surface area (Å²) >= 11 is 0. The number of piperidine rings is 1. The molecule has 1 atom stereocenters. The van der Waals surface area contributed by atoms with E-state index in [9.17, 15) is 14.9 Å². The molecule has 25 heavy (non-hydrogen) atoms. The highest BCUT2D eigenvalue weighted by Crippen LogP contribution is 2.30. The lowest BCUT2D eigenvalue weighted by Gasteiger charge is -2.34. The number of carbonyl (C=O) groups excluding carboxylic acids is 1. The first-order valence-corrected chi connectivity index (χ1v) is 8.17. The highest BCUT2D eigenvalue weighted by Gasteiger charge is 2.31. The Morgan fingerprint density at radius 2 is 2.16 bits per heavy atom. The fraction of sp³-hybridized carbons (Fsp3) is 0.412. The van der Waals surface area contributed by atoms with E-state index < -0.39 is 0 Å². The van der Waals surface area contributed by atoms with Gasteiger partial charge in [0.05, 0.1) is 17.7 Å². The highest BCUT2D eigenvalue weighted by molar-refractivity contribution is 5.96. The number of aromatic nitrogens is 3. The first-order valence-electron chi connectivity index (χ1n) is 8.17. The Hall–Kier alpha value is -3.08. The summed E-state index contributed by atoms with van der Waals surface area (Å²) < 4.78 is 0. The lowest BCUT2D eigenvalue weighted by atomic mass is 9.99. The van der Waals surface area contributed by atoms with Crippen LogP contribution in [-0.2, 0) is 0 Å². The molecule has 1 fully saturated rings. The van der Waals surface area contributed by atoms with Crippen LogP contribution in [0.15, 0.2) is 23.0 Å². The van der Waals surface area contributed by atoms with Crippen molar-refractivity contribution in [2.45, 2.75) is 25.3 Å². The molecule has 0 aliphatic carbocycles. The number of H-pyrrole nitrogens is 2. The Morgan fingerprint density at radius 1 is 1.36 bits per heavy atom. The molecule has 1 amide bonds. The monoisotopic (exact) mass is 340 g/mol. The second-order valence-electron chi connectivity index (χ2n) is 6.35. The van der Waals surface area contributed by atoms with Gasteiger partial charge in [0, 0.05) is 31.9 Å². The zero-order valence-corrected chi connectivity index (χ0v) is 14.2. The Labute approximate surface area is 145 Å². The van der Waals surface area contributed by atoms with Gasteiger partial charge in [-0.25, -0.2) is 9.89 Å². The van der Waals surface area contributed by atoms with Crippen LogP contribution >= 0.6 is 0 Å². The van der Waals surface area contributed by atoms with Crippen LogP contribution in [0.4, 0.5) is 5.69 Å². The maximum atomic E-state index is 13.1. The second-order valence-corrected chi connectivity index (χ2v) is 6.35. The summed E-state index contributed by atoms with van der Waals surface area (Å²) in [6, 6.07) is 6.97. The molecule has 2 heterocycles. The van der Waals surface area contributed by atoms with Gasteiger partial charge in [0.25, 0.3) is 5.91 Å². The van der Waals surface area contributed by atoms with Crippen LogP contribution in [-0.4, -0.2) is 46.6 Å². The number of hydrogen-bond acceptors (Lipinski definition) is 5. The third-order valence-corrected chi connectivity index (χ3v) is 4.41. The third kappa shape index (κ3) is 3.40. The lowest BCUT2D eigenvalue weighted by molar-refractivity contribution is 0.0600. The van der Waals surface area contributed by atoms with Gasteiger partial charge < -0.3 is 9.80 Å². The minimum atomic E-state index is -0.380. The van der Waals surface area contributed by atoms with E-state index in [0.717, 1.165) is 24.9 Å². The number of benzene rings is 1. The van der Waals surface area contributed by atoms with Crippen LogP contribution < -0.4 is 10.6 Å². The van der Waals surface area contributed by atoms with Crippen molar-refractivity contribution in [1.82, 2.24) is 20.1 Å². The molecule has 0 bridgehead atoms. The number of likely N-dealkylation sites (tertiary alicyclic amines) is 1. The van der Waals surface area contributed by atoms with Crippen LogP contribution in [0.1, 0.15) is 47.1 Å². The minimum Gasteiger partial charge on any atom is -0.378 e. The van der Waals surface area contributed by atoms with Crippen molar-refractivity contribution in [3.05, 3.63) is 45.6 Å². The summed E-state index contributed by atoms with van der Waals surface area (Å²) in [7, 11) is 3.73. The van der Waals surface area contributed by atoms with Gasteiger partial charge in [-0.1, -0.05) is 0 Å². The van der Waals surface area contributed by atoms with E-state index in [1.807, 2.05) is 19.0 Å². The molecule has 0 unspecified atom stereocenters. The predicted molar refractivity (Wildman–Crippen MR) is 92.3 cm³/mol. The molecule has 2 N–H and O–H groups in total. The van der Waals surface area contributed by atoms with E-state index >= 15 is 0 Å². The number of nitrogens with one attached hydrogen (secondary N) is 2. The lowest BCUT2D eigenvalue weighted by Crippen LogP contribution is -2.39. The van der Waals surface area contributed by atoms with Gasteiger partial charge in [-0.15, -0.1) is 0 Å². The fourth-order valence-corrected chi connectivity index (χ4v) is 3.12.